The molecule has 4 nitrogen and oxygen atoms in total. The van der Waals surface area contributed by atoms with Crippen molar-refractivity contribution in [1.29, 1.82) is 0 Å². The number of methoxy groups -OCH3 is 1. The molecule has 0 fully saturated rings. The molecular formula is C13H16FN3O. The summed E-state index contributed by atoms with van der Waals surface area (Å²) in [5.74, 6) is 1.07. The molecule has 3 N–H and O–H groups in total. The second kappa shape index (κ2) is 4.33. The highest BCUT2D eigenvalue weighted by Crippen LogP contribution is 2.36. The summed E-state index contributed by atoms with van der Waals surface area (Å²) < 4.78 is 19.3. The van der Waals surface area contributed by atoms with Crippen LogP contribution in [0, 0.1) is 0 Å². The Morgan fingerprint density at radius 1 is 1.33 bits per heavy atom. The van der Waals surface area contributed by atoms with Crippen LogP contribution in [0.5, 0.6) is 5.75 Å². The Labute approximate surface area is 105 Å². The zero-order valence-corrected chi connectivity index (χ0v) is 10.6. The topological polar surface area (TPSA) is 63.9 Å². The van der Waals surface area contributed by atoms with Crippen molar-refractivity contribution in [2.24, 2.45) is 0 Å². The fourth-order valence-electron chi connectivity index (χ4n) is 1.80. The maximum absolute atomic E-state index is 14.0. The van der Waals surface area contributed by atoms with Crippen molar-refractivity contribution in [3.8, 4) is 16.9 Å². The quantitative estimate of drug-likeness (QED) is 0.879. The van der Waals surface area contributed by atoms with E-state index < -0.39 is 5.67 Å². The Bertz CT molecular complexity index is 558. The number of aromatic nitrogens is 2. The third-order valence-corrected chi connectivity index (χ3v) is 2.84. The molecule has 1 heterocycles. The number of halogens is 1. The van der Waals surface area contributed by atoms with Gasteiger partial charge in [0.25, 0.3) is 0 Å². The second-order valence-electron chi connectivity index (χ2n) is 4.58. The monoisotopic (exact) mass is 249 g/mol. The molecule has 0 bridgehead atoms. The van der Waals surface area contributed by atoms with Gasteiger partial charge in [0.05, 0.1) is 13.3 Å². The first-order valence-electron chi connectivity index (χ1n) is 5.60. The molecule has 0 spiro atoms. The number of anilines is 1. The second-order valence-corrected chi connectivity index (χ2v) is 4.58. The predicted molar refractivity (Wildman–Crippen MR) is 69.1 cm³/mol. The molecule has 0 radical (unpaired) electrons. The van der Waals surface area contributed by atoms with E-state index in [1.54, 1.807) is 31.5 Å². The Hall–Kier alpha value is -2.04. The molecule has 0 saturated carbocycles. The molecule has 0 aliphatic rings. The van der Waals surface area contributed by atoms with Crippen LogP contribution in [0.4, 0.5) is 10.2 Å². The first-order valence-corrected chi connectivity index (χ1v) is 5.60. The van der Waals surface area contributed by atoms with E-state index in [0.29, 0.717) is 22.7 Å². The number of nitrogens with zero attached hydrogens (tertiary/aromatic N) is 1. The molecule has 0 unspecified atom stereocenters. The molecule has 0 aliphatic carbocycles. The Balaban J connectivity index is 2.61. The largest absolute Gasteiger partial charge is 0.496 e. The number of aromatic amines is 1. The zero-order valence-electron chi connectivity index (χ0n) is 10.6. The minimum atomic E-state index is -1.42. The minimum Gasteiger partial charge on any atom is -0.496 e. The van der Waals surface area contributed by atoms with Gasteiger partial charge in [-0.25, -0.2) is 4.39 Å². The summed E-state index contributed by atoms with van der Waals surface area (Å²) in [6, 6.07) is 5.18. The first kappa shape index (κ1) is 12.4. The summed E-state index contributed by atoms with van der Waals surface area (Å²) >= 11 is 0. The van der Waals surface area contributed by atoms with Gasteiger partial charge in [-0.2, -0.15) is 5.10 Å². The highest BCUT2D eigenvalue weighted by Gasteiger charge is 2.21. The summed E-state index contributed by atoms with van der Waals surface area (Å²) in [6.07, 6.45) is 1.60. The summed E-state index contributed by atoms with van der Waals surface area (Å²) in [5.41, 5.74) is 6.37. The van der Waals surface area contributed by atoms with Crippen molar-refractivity contribution >= 4 is 5.82 Å². The lowest BCUT2D eigenvalue weighted by Crippen LogP contribution is -2.09. The molecule has 96 valence electrons. The normalized spacial score (nSPS) is 11.6. The van der Waals surface area contributed by atoms with Crippen molar-refractivity contribution in [3.63, 3.8) is 0 Å². The van der Waals surface area contributed by atoms with Crippen molar-refractivity contribution in [2.75, 3.05) is 12.8 Å². The van der Waals surface area contributed by atoms with Crippen LogP contribution in [-0.4, -0.2) is 17.3 Å². The van der Waals surface area contributed by atoms with Crippen LogP contribution < -0.4 is 10.5 Å². The third-order valence-electron chi connectivity index (χ3n) is 2.84. The maximum atomic E-state index is 14.0. The van der Waals surface area contributed by atoms with Gasteiger partial charge in [0.1, 0.15) is 17.2 Å². The Kier molecular flexibility index (Phi) is 2.98. The van der Waals surface area contributed by atoms with Gasteiger partial charge in [0.15, 0.2) is 0 Å². The highest BCUT2D eigenvalue weighted by atomic mass is 19.1. The van der Waals surface area contributed by atoms with Gasteiger partial charge >= 0.3 is 0 Å². The summed E-state index contributed by atoms with van der Waals surface area (Å²) in [7, 11) is 1.56. The van der Waals surface area contributed by atoms with E-state index in [1.807, 2.05) is 0 Å². The van der Waals surface area contributed by atoms with E-state index in [0.717, 1.165) is 5.56 Å². The summed E-state index contributed by atoms with van der Waals surface area (Å²) in [4.78, 5) is 0. The van der Waals surface area contributed by atoms with Crippen molar-refractivity contribution in [2.45, 2.75) is 19.5 Å². The van der Waals surface area contributed by atoms with Gasteiger partial charge in [-0.3, -0.25) is 5.10 Å². The number of benzene rings is 1. The predicted octanol–water partition coefficient (Wildman–Crippen LogP) is 2.87. The van der Waals surface area contributed by atoms with Crippen molar-refractivity contribution in [1.82, 2.24) is 10.2 Å². The fourth-order valence-corrected chi connectivity index (χ4v) is 1.80. The maximum Gasteiger partial charge on any atom is 0.130 e. The lowest BCUT2D eigenvalue weighted by Gasteiger charge is -2.17. The van der Waals surface area contributed by atoms with E-state index in [9.17, 15) is 4.39 Å². The number of nitrogens with two attached hydrogens (primary N) is 1. The van der Waals surface area contributed by atoms with Gasteiger partial charge in [-0.1, -0.05) is 6.07 Å². The SMILES string of the molecule is COc1ccc(C(C)(C)F)cc1-c1cn[nH]c1N. The van der Waals surface area contributed by atoms with Crippen LogP contribution in [0.3, 0.4) is 0 Å². The van der Waals surface area contributed by atoms with Crippen LogP contribution in [-0.2, 0) is 5.67 Å². The standard InChI is InChI=1S/C13H16FN3O/c1-13(2,14)8-4-5-11(18-3)9(6-8)10-7-16-17-12(10)15/h4-7H,1-3H3,(H3,15,16,17). The molecule has 18 heavy (non-hydrogen) atoms. The number of nitrogen functional groups attached to an aromatic ring is 1. The van der Waals surface area contributed by atoms with Crippen LogP contribution >= 0.6 is 0 Å². The molecule has 5 heteroatoms. The van der Waals surface area contributed by atoms with E-state index in [4.69, 9.17) is 10.5 Å². The number of H-pyrrole nitrogens is 1. The average Bonchev–Trinajstić information content (AvgIpc) is 2.73. The lowest BCUT2D eigenvalue weighted by atomic mass is 9.95. The number of hydrogen-bond acceptors (Lipinski definition) is 3. The van der Waals surface area contributed by atoms with Crippen LogP contribution in [0.1, 0.15) is 19.4 Å². The zero-order chi connectivity index (χ0) is 13.3. The van der Waals surface area contributed by atoms with Gasteiger partial charge in [0, 0.05) is 11.1 Å². The smallest absolute Gasteiger partial charge is 0.130 e. The molecule has 0 atom stereocenters. The molecule has 1 aromatic heterocycles. The molecule has 0 aliphatic heterocycles. The first-order chi connectivity index (χ1) is 8.43. The van der Waals surface area contributed by atoms with Crippen molar-refractivity contribution in [3.05, 3.63) is 30.0 Å². The van der Waals surface area contributed by atoms with Crippen molar-refractivity contribution < 1.29 is 9.13 Å². The summed E-state index contributed by atoms with van der Waals surface area (Å²) in [6.45, 7) is 3.02. The van der Waals surface area contributed by atoms with E-state index in [2.05, 4.69) is 10.2 Å². The average molecular weight is 249 g/mol. The molecule has 0 saturated heterocycles. The van der Waals surface area contributed by atoms with Crippen LogP contribution in [0.2, 0.25) is 0 Å². The highest BCUT2D eigenvalue weighted by molar-refractivity contribution is 5.78. The van der Waals surface area contributed by atoms with E-state index in [1.165, 1.54) is 13.8 Å². The Morgan fingerprint density at radius 3 is 2.56 bits per heavy atom. The summed E-state index contributed by atoms with van der Waals surface area (Å²) in [5, 5.41) is 6.52. The Morgan fingerprint density at radius 2 is 2.06 bits per heavy atom. The van der Waals surface area contributed by atoms with Crippen LogP contribution in [0.25, 0.3) is 11.1 Å². The molecule has 2 rings (SSSR count). The van der Waals surface area contributed by atoms with Gasteiger partial charge in [-0.05, 0) is 31.5 Å². The number of rotatable bonds is 3. The molecule has 0 amide bonds. The number of alkyl halides is 1. The van der Waals surface area contributed by atoms with E-state index >= 15 is 0 Å². The molecule has 1 aromatic carbocycles. The minimum absolute atomic E-state index is 0.433. The fraction of sp³-hybridized carbons (Fsp3) is 0.308. The lowest BCUT2D eigenvalue weighted by molar-refractivity contribution is 0.221. The molecular weight excluding hydrogens is 233 g/mol. The number of nitrogens with one attached hydrogen (secondary N) is 1. The molecule has 2 aromatic rings. The number of ether oxygens (including phenoxy) is 1. The van der Waals surface area contributed by atoms with Gasteiger partial charge < -0.3 is 10.5 Å². The van der Waals surface area contributed by atoms with Gasteiger partial charge in [0.2, 0.25) is 0 Å². The van der Waals surface area contributed by atoms with Crippen LogP contribution in [0.15, 0.2) is 24.4 Å². The third kappa shape index (κ3) is 2.16. The number of hydrogen-bond donors (Lipinski definition) is 2. The van der Waals surface area contributed by atoms with Gasteiger partial charge in [-0.15, -0.1) is 0 Å². The van der Waals surface area contributed by atoms with E-state index in [-0.39, 0.29) is 0 Å².